The lowest BCUT2D eigenvalue weighted by atomic mass is 10.2. The molecule has 0 aliphatic carbocycles. The molecule has 0 aromatic heterocycles. The van der Waals surface area contributed by atoms with E-state index in [9.17, 15) is 4.79 Å². The van der Waals surface area contributed by atoms with Crippen molar-refractivity contribution in [1.29, 1.82) is 0 Å². The summed E-state index contributed by atoms with van der Waals surface area (Å²) in [5.74, 6) is 1.48. The Bertz CT molecular complexity index is 766. The minimum absolute atomic E-state index is 0.184. The molecule has 1 aliphatic rings. The Morgan fingerprint density at radius 1 is 1.25 bits per heavy atom. The molecule has 1 N–H and O–H groups in total. The number of amides is 1. The highest BCUT2D eigenvalue weighted by atomic mass is 35.5. The lowest BCUT2D eigenvalue weighted by Crippen LogP contribution is -2.32. The highest BCUT2D eigenvalue weighted by Crippen LogP contribution is 2.35. The summed E-state index contributed by atoms with van der Waals surface area (Å²) in [5, 5.41) is 3.41. The summed E-state index contributed by atoms with van der Waals surface area (Å²) in [5.41, 5.74) is 0.446. The third kappa shape index (κ3) is 3.52. The van der Waals surface area contributed by atoms with Crippen LogP contribution >= 0.6 is 23.2 Å². The summed E-state index contributed by atoms with van der Waals surface area (Å²) in [6.07, 6.45) is -0.196. The van der Waals surface area contributed by atoms with Gasteiger partial charge < -0.3 is 19.5 Å². The number of anilines is 1. The van der Waals surface area contributed by atoms with Crippen LogP contribution in [0.2, 0.25) is 10.0 Å². The molecule has 2 aromatic carbocycles. The van der Waals surface area contributed by atoms with Gasteiger partial charge in [0.15, 0.2) is 17.6 Å². The van der Waals surface area contributed by atoms with Crippen LogP contribution in [0.3, 0.4) is 0 Å². The molecule has 2 aromatic rings. The molecular formula is C17H15Cl2NO4. The van der Waals surface area contributed by atoms with Gasteiger partial charge in [0.2, 0.25) is 6.79 Å². The van der Waals surface area contributed by atoms with Crippen molar-refractivity contribution in [2.45, 2.75) is 19.4 Å². The number of rotatable bonds is 5. The van der Waals surface area contributed by atoms with E-state index in [-0.39, 0.29) is 12.7 Å². The van der Waals surface area contributed by atoms with E-state index in [0.717, 1.165) is 0 Å². The molecule has 1 atom stereocenters. The van der Waals surface area contributed by atoms with Crippen molar-refractivity contribution in [3.63, 3.8) is 0 Å². The van der Waals surface area contributed by atoms with Crippen LogP contribution in [-0.2, 0) is 4.79 Å². The van der Waals surface area contributed by atoms with Crippen molar-refractivity contribution in [3.05, 3.63) is 46.4 Å². The molecule has 126 valence electrons. The fourth-order valence-corrected chi connectivity index (χ4v) is 2.60. The van der Waals surface area contributed by atoms with Crippen molar-refractivity contribution >= 4 is 34.8 Å². The number of hydrogen-bond donors (Lipinski definition) is 1. The van der Waals surface area contributed by atoms with Crippen LogP contribution in [0, 0.1) is 0 Å². The number of carbonyl (C=O) groups is 1. The fraction of sp³-hybridized carbons (Fsp3) is 0.235. The highest BCUT2D eigenvalue weighted by Gasteiger charge is 2.21. The van der Waals surface area contributed by atoms with Gasteiger partial charge >= 0.3 is 0 Å². The molecule has 1 aliphatic heterocycles. The van der Waals surface area contributed by atoms with Gasteiger partial charge in [-0.25, -0.2) is 0 Å². The maximum atomic E-state index is 12.5. The monoisotopic (exact) mass is 367 g/mol. The van der Waals surface area contributed by atoms with Crippen LogP contribution < -0.4 is 19.5 Å². The largest absolute Gasteiger partial charge is 0.480 e. The van der Waals surface area contributed by atoms with Crippen LogP contribution in [0.25, 0.3) is 0 Å². The summed E-state index contributed by atoms with van der Waals surface area (Å²) in [6, 6.07) is 10.2. The molecule has 7 heteroatoms. The smallest absolute Gasteiger partial charge is 0.265 e. The van der Waals surface area contributed by atoms with Gasteiger partial charge in [-0.1, -0.05) is 36.2 Å². The Hall–Kier alpha value is -2.11. The second kappa shape index (κ2) is 7.20. The summed E-state index contributed by atoms with van der Waals surface area (Å²) in [6.45, 7) is 2.04. The minimum atomic E-state index is -0.680. The lowest BCUT2D eigenvalue weighted by Gasteiger charge is -2.18. The molecule has 1 heterocycles. The number of nitrogens with one attached hydrogen (secondary N) is 1. The molecule has 0 fully saturated rings. The Balaban J connectivity index is 1.71. The minimum Gasteiger partial charge on any atom is -0.480 e. The van der Waals surface area contributed by atoms with Crippen LogP contribution in [0.4, 0.5) is 5.69 Å². The molecule has 3 rings (SSSR count). The number of carbonyl (C=O) groups excluding carboxylic acids is 1. The first-order valence-corrected chi connectivity index (χ1v) is 8.15. The van der Waals surface area contributed by atoms with Crippen molar-refractivity contribution in [2.75, 3.05) is 12.1 Å². The second-order valence-corrected chi connectivity index (χ2v) is 5.91. The van der Waals surface area contributed by atoms with Crippen molar-refractivity contribution in [3.8, 4) is 17.2 Å². The van der Waals surface area contributed by atoms with E-state index < -0.39 is 6.10 Å². The van der Waals surface area contributed by atoms with Crippen LogP contribution in [-0.4, -0.2) is 18.8 Å². The molecule has 0 saturated heterocycles. The van der Waals surface area contributed by atoms with Gasteiger partial charge in [0.1, 0.15) is 5.75 Å². The number of halogens is 2. The van der Waals surface area contributed by atoms with Gasteiger partial charge in [-0.15, -0.1) is 0 Å². The average Bonchev–Trinajstić information content (AvgIpc) is 3.04. The van der Waals surface area contributed by atoms with Crippen molar-refractivity contribution in [2.24, 2.45) is 0 Å². The Morgan fingerprint density at radius 3 is 2.83 bits per heavy atom. The molecule has 24 heavy (non-hydrogen) atoms. The standard InChI is InChI=1S/C17H15Cl2NO4/c1-2-13(17(21)20-12-5-3-4-11(18)16(12)19)24-10-6-7-14-15(8-10)23-9-22-14/h3-8,13H,2,9H2,1H3,(H,20,21). The fourth-order valence-electron chi connectivity index (χ4n) is 2.25. The van der Waals surface area contributed by atoms with Gasteiger partial charge in [0, 0.05) is 6.07 Å². The van der Waals surface area contributed by atoms with E-state index in [1.807, 2.05) is 6.92 Å². The number of benzene rings is 2. The molecule has 5 nitrogen and oxygen atoms in total. The zero-order valence-corrected chi connectivity index (χ0v) is 14.4. The molecule has 1 amide bonds. The van der Waals surface area contributed by atoms with Crippen molar-refractivity contribution in [1.82, 2.24) is 0 Å². The first-order valence-electron chi connectivity index (χ1n) is 7.39. The second-order valence-electron chi connectivity index (χ2n) is 5.12. The maximum Gasteiger partial charge on any atom is 0.265 e. The highest BCUT2D eigenvalue weighted by molar-refractivity contribution is 6.44. The Morgan fingerprint density at radius 2 is 2.04 bits per heavy atom. The topological polar surface area (TPSA) is 56.8 Å². The van der Waals surface area contributed by atoms with Gasteiger partial charge in [0.05, 0.1) is 15.7 Å². The van der Waals surface area contributed by atoms with Crippen LogP contribution in [0.1, 0.15) is 13.3 Å². The molecular weight excluding hydrogens is 353 g/mol. The van der Waals surface area contributed by atoms with Gasteiger partial charge in [-0.2, -0.15) is 0 Å². The van der Waals surface area contributed by atoms with E-state index in [1.165, 1.54) is 0 Å². The lowest BCUT2D eigenvalue weighted by molar-refractivity contribution is -0.122. The molecule has 0 radical (unpaired) electrons. The van der Waals surface area contributed by atoms with E-state index in [1.54, 1.807) is 36.4 Å². The van der Waals surface area contributed by atoms with Crippen molar-refractivity contribution < 1.29 is 19.0 Å². The van der Waals surface area contributed by atoms with Gasteiger partial charge in [-0.3, -0.25) is 4.79 Å². The zero-order chi connectivity index (χ0) is 17.1. The van der Waals surface area contributed by atoms with Crippen LogP contribution in [0.15, 0.2) is 36.4 Å². The predicted molar refractivity (Wildman–Crippen MR) is 92.4 cm³/mol. The molecule has 1 unspecified atom stereocenters. The average molecular weight is 368 g/mol. The summed E-state index contributed by atoms with van der Waals surface area (Å²) in [4.78, 5) is 12.5. The van der Waals surface area contributed by atoms with Crippen LogP contribution in [0.5, 0.6) is 17.2 Å². The third-order valence-electron chi connectivity index (χ3n) is 3.50. The number of fused-ring (bicyclic) bond motifs is 1. The van der Waals surface area contributed by atoms with E-state index in [2.05, 4.69) is 5.32 Å². The zero-order valence-electron chi connectivity index (χ0n) is 12.8. The van der Waals surface area contributed by atoms with E-state index in [0.29, 0.717) is 39.4 Å². The van der Waals surface area contributed by atoms with E-state index in [4.69, 9.17) is 37.4 Å². The van der Waals surface area contributed by atoms with Gasteiger partial charge in [-0.05, 0) is 30.7 Å². The Labute approximate surface area is 149 Å². The summed E-state index contributed by atoms with van der Waals surface area (Å²) in [7, 11) is 0. The summed E-state index contributed by atoms with van der Waals surface area (Å²) >= 11 is 12.0. The first-order chi connectivity index (χ1) is 11.6. The third-order valence-corrected chi connectivity index (χ3v) is 4.31. The normalized spacial score (nSPS) is 13.5. The number of ether oxygens (including phenoxy) is 3. The van der Waals surface area contributed by atoms with E-state index >= 15 is 0 Å². The molecule has 0 spiro atoms. The summed E-state index contributed by atoms with van der Waals surface area (Å²) < 4.78 is 16.3. The predicted octanol–water partition coefficient (Wildman–Crippen LogP) is 4.52. The Kier molecular flexibility index (Phi) is 5.02. The first kappa shape index (κ1) is 16.7. The SMILES string of the molecule is CCC(Oc1ccc2c(c1)OCO2)C(=O)Nc1cccc(Cl)c1Cl. The van der Waals surface area contributed by atoms with Gasteiger partial charge in [0.25, 0.3) is 5.91 Å². The number of hydrogen-bond acceptors (Lipinski definition) is 4. The molecule has 0 saturated carbocycles. The molecule has 0 bridgehead atoms. The maximum absolute atomic E-state index is 12.5. The quantitative estimate of drug-likeness (QED) is 0.843.